The van der Waals surface area contributed by atoms with E-state index >= 15 is 0 Å². The molecule has 0 bridgehead atoms. The van der Waals surface area contributed by atoms with Crippen molar-refractivity contribution in [1.82, 2.24) is 9.66 Å². The normalized spacial score (nSPS) is 12.6. The van der Waals surface area contributed by atoms with Crippen LogP contribution in [0, 0.1) is 0 Å². The summed E-state index contributed by atoms with van der Waals surface area (Å²) in [5, 5.41) is 0. The van der Waals surface area contributed by atoms with Crippen LogP contribution in [0.4, 0.5) is 5.82 Å². The lowest BCUT2D eigenvalue weighted by atomic mass is 10.0. The fourth-order valence-electron chi connectivity index (χ4n) is 2.19. The third-order valence-corrected chi connectivity index (χ3v) is 3.20. The van der Waals surface area contributed by atoms with Crippen LogP contribution in [-0.2, 0) is 0 Å². The van der Waals surface area contributed by atoms with Gasteiger partial charge in [0.25, 0.3) is 0 Å². The number of anilines is 1. The molecule has 96 valence electrons. The van der Waals surface area contributed by atoms with Crippen molar-refractivity contribution in [2.24, 2.45) is 0 Å². The number of imidazole rings is 1. The van der Waals surface area contributed by atoms with Crippen molar-refractivity contribution in [1.29, 1.82) is 0 Å². The van der Waals surface area contributed by atoms with E-state index in [1.54, 1.807) is 0 Å². The zero-order chi connectivity index (χ0) is 13.1. The van der Waals surface area contributed by atoms with Gasteiger partial charge in [-0.3, -0.25) is 0 Å². The van der Waals surface area contributed by atoms with Gasteiger partial charge in [-0.05, 0) is 6.42 Å². The molecule has 0 aliphatic rings. The van der Waals surface area contributed by atoms with Crippen molar-refractivity contribution in [2.45, 2.75) is 32.6 Å². The first-order valence-corrected chi connectivity index (χ1v) is 6.33. The SMILES string of the molecule is CCCC(C)c1nc(-c2ccccc2)n(N)c1N. The molecule has 0 saturated carbocycles. The van der Waals surface area contributed by atoms with E-state index in [0.717, 1.165) is 29.9 Å². The molecule has 0 aliphatic heterocycles. The Morgan fingerprint density at radius 3 is 2.56 bits per heavy atom. The largest absolute Gasteiger partial charge is 0.382 e. The Morgan fingerprint density at radius 2 is 1.94 bits per heavy atom. The van der Waals surface area contributed by atoms with Crippen LogP contribution in [0.15, 0.2) is 30.3 Å². The minimum absolute atomic E-state index is 0.335. The molecule has 0 radical (unpaired) electrons. The second-order valence-corrected chi connectivity index (χ2v) is 4.63. The lowest BCUT2D eigenvalue weighted by Crippen LogP contribution is -2.13. The molecule has 4 N–H and O–H groups in total. The van der Waals surface area contributed by atoms with E-state index in [2.05, 4.69) is 18.8 Å². The molecule has 0 aliphatic carbocycles. The number of rotatable bonds is 4. The molecule has 1 atom stereocenters. The molecule has 1 aromatic heterocycles. The predicted molar refractivity (Wildman–Crippen MR) is 75.5 cm³/mol. The maximum Gasteiger partial charge on any atom is 0.160 e. The lowest BCUT2D eigenvalue weighted by Gasteiger charge is -2.07. The fourth-order valence-corrected chi connectivity index (χ4v) is 2.19. The lowest BCUT2D eigenvalue weighted by molar-refractivity contribution is 0.652. The summed E-state index contributed by atoms with van der Waals surface area (Å²) < 4.78 is 1.48. The third kappa shape index (κ3) is 2.18. The summed E-state index contributed by atoms with van der Waals surface area (Å²) in [6, 6.07) is 9.88. The molecule has 4 nitrogen and oxygen atoms in total. The van der Waals surface area contributed by atoms with Gasteiger partial charge in [-0.2, -0.15) is 0 Å². The standard InChI is InChI=1S/C14H20N4/c1-3-7-10(2)12-13(15)18(16)14(17-12)11-8-5-4-6-9-11/h4-6,8-10H,3,7,15-16H2,1-2H3. The monoisotopic (exact) mass is 244 g/mol. The molecular formula is C14H20N4. The van der Waals surface area contributed by atoms with Crippen LogP contribution in [0.2, 0.25) is 0 Å². The zero-order valence-corrected chi connectivity index (χ0v) is 10.9. The van der Waals surface area contributed by atoms with Crippen molar-refractivity contribution < 1.29 is 0 Å². The summed E-state index contributed by atoms with van der Waals surface area (Å²) in [5.41, 5.74) is 7.94. The summed E-state index contributed by atoms with van der Waals surface area (Å²) in [7, 11) is 0. The van der Waals surface area contributed by atoms with Gasteiger partial charge in [0.05, 0.1) is 5.69 Å². The quantitative estimate of drug-likeness (QED) is 0.812. The average molecular weight is 244 g/mol. The second kappa shape index (κ2) is 5.12. The molecule has 1 unspecified atom stereocenters. The topological polar surface area (TPSA) is 69.9 Å². The number of aromatic nitrogens is 2. The number of hydrogen-bond donors (Lipinski definition) is 2. The van der Waals surface area contributed by atoms with Crippen LogP contribution >= 0.6 is 0 Å². The highest BCUT2D eigenvalue weighted by Crippen LogP contribution is 2.28. The third-order valence-electron chi connectivity index (χ3n) is 3.20. The smallest absolute Gasteiger partial charge is 0.160 e. The Hall–Kier alpha value is -1.97. The Morgan fingerprint density at radius 1 is 1.28 bits per heavy atom. The first-order chi connectivity index (χ1) is 8.65. The maximum atomic E-state index is 6.05. The van der Waals surface area contributed by atoms with Gasteiger partial charge in [0.1, 0.15) is 5.82 Å². The Labute approximate surface area is 108 Å². The van der Waals surface area contributed by atoms with Crippen LogP contribution in [-0.4, -0.2) is 9.66 Å². The fraction of sp³-hybridized carbons (Fsp3) is 0.357. The van der Waals surface area contributed by atoms with E-state index in [9.17, 15) is 0 Å². The molecule has 4 heteroatoms. The van der Waals surface area contributed by atoms with Crippen LogP contribution < -0.4 is 11.6 Å². The summed E-state index contributed by atoms with van der Waals surface area (Å²) >= 11 is 0. The van der Waals surface area contributed by atoms with Gasteiger partial charge in [-0.25, -0.2) is 9.66 Å². The van der Waals surface area contributed by atoms with Crippen molar-refractivity contribution in [3.63, 3.8) is 0 Å². The zero-order valence-electron chi connectivity index (χ0n) is 10.9. The van der Waals surface area contributed by atoms with Crippen molar-refractivity contribution in [3.05, 3.63) is 36.0 Å². The minimum atomic E-state index is 0.335. The molecule has 2 rings (SSSR count). The van der Waals surface area contributed by atoms with Gasteiger partial charge in [-0.15, -0.1) is 0 Å². The van der Waals surface area contributed by atoms with Crippen LogP contribution in [0.3, 0.4) is 0 Å². The first kappa shape index (κ1) is 12.5. The average Bonchev–Trinajstić information content (AvgIpc) is 2.68. The Balaban J connectivity index is 2.43. The maximum absolute atomic E-state index is 6.05. The van der Waals surface area contributed by atoms with E-state index in [1.807, 2.05) is 30.3 Å². The van der Waals surface area contributed by atoms with Gasteiger partial charge < -0.3 is 11.6 Å². The molecule has 0 saturated heterocycles. The number of nitrogen functional groups attached to an aromatic ring is 2. The van der Waals surface area contributed by atoms with Gasteiger partial charge in [-0.1, -0.05) is 50.6 Å². The van der Waals surface area contributed by atoms with Crippen LogP contribution in [0.1, 0.15) is 38.3 Å². The minimum Gasteiger partial charge on any atom is -0.382 e. The number of hydrogen-bond acceptors (Lipinski definition) is 3. The Bertz CT molecular complexity index is 516. The van der Waals surface area contributed by atoms with E-state index in [-0.39, 0.29) is 0 Å². The first-order valence-electron chi connectivity index (χ1n) is 6.33. The Kier molecular flexibility index (Phi) is 3.55. The van der Waals surface area contributed by atoms with E-state index in [4.69, 9.17) is 11.6 Å². The molecule has 0 fully saturated rings. The molecule has 1 aromatic carbocycles. The van der Waals surface area contributed by atoms with Crippen molar-refractivity contribution >= 4 is 5.82 Å². The van der Waals surface area contributed by atoms with Gasteiger partial charge in [0.2, 0.25) is 0 Å². The summed E-state index contributed by atoms with van der Waals surface area (Å²) in [4.78, 5) is 4.61. The number of benzene rings is 1. The molecular weight excluding hydrogens is 224 g/mol. The molecule has 18 heavy (non-hydrogen) atoms. The molecule has 0 spiro atoms. The summed E-state index contributed by atoms with van der Waals surface area (Å²) in [6.45, 7) is 4.29. The van der Waals surface area contributed by atoms with Gasteiger partial charge >= 0.3 is 0 Å². The second-order valence-electron chi connectivity index (χ2n) is 4.63. The summed E-state index contributed by atoms with van der Waals surface area (Å²) in [5.74, 6) is 7.63. The molecule has 1 heterocycles. The van der Waals surface area contributed by atoms with Crippen molar-refractivity contribution in [3.8, 4) is 11.4 Å². The van der Waals surface area contributed by atoms with E-state index in [0.29, 0.717) is 11.7 Å². The van der Waals surface area contributed by atoms with E-state index < -0.39 is 0 Å². The highest BCUT2D eigenvalue weighted by molar-refractivity contribution is 5.60. The van der Waals surface area contributed by atoms with Gasteiger partial charge in [0.15, 0.2) is 5.82 Å². The number of nitrogens with two attached hydrogens (primary N) is 2. The van der Waals surface area contributed by atoms with Crippen LogP contribution in [0.5, 0.6) is 0 Å². The van der Waals surface area contributed by atoms with E-state index in [1.165, 1.54) is 4.68 Å². The molecule has 0 amide bonds. The number of nitrogens with zero attached hydrogens (tertiary/aromatic N) is 2. The summed E-state index contributed by atoms with van der Waals surface area (Å²) in [6.07, 6.45) is 2.17. The highest BCUT2D eigenvalue weighted by Gasteiger charge is 2.18. The van der Waals surface area contributed by atoms with Gasteiger partial charge in [0, 0.05) is 11.5 Å². The molecule has 2 aromatic rings. The predicted octanol–water partition coefficient (Wildman–Crippen LogP) is 2.75. The highest BCUT2D eigenvalue weighted by atomic mass is 15.4. The van der Waals surface area contributed by atoms with Crippen molar-refractivity contribution in [2.75, 3.05) is 11.6 Å². The van der Waals surface area contributed by atoms with Crippen LogP contribution in [0.25, 0.3) is 11.4 Å².